The van der Waals surface area contributed by atoms with E-state index in [2.05, 4.69) is 10.6 Å². The topological polar surface area (TPSA) is 78.5 Å². The van der Waals surface area contributed by atoms with Gasteiger partial charge in [0.15, 0.2) is 0 Å². The quantitative estimate of drug-likeness (QED) is 0.741. The number of nitrogens with one attached hydrogen (secondary N) is 2. The van der Waals surface area contributed by atoms with Crippen molar-refractivity contribution in [1.29, 1.82) is 0 Å². The molecule has 4 aliphatic rings. The number of thioether (sulfide) groups is 1. The minimum atomic E-state index is -1.14. The summed E-state index contributed by atoms with van der Waals surface area (Å²) in [7, 11) is 0. The SMILES string of the molecule is CSCCC1NC2(C(=O)Nc3c(C)cccc32)C2C(=O)N(C3CCCC3)C(=O)C12. The summed E-state index contributed by atoms with van der Waals surface area (Å²) in [5.74, 6) is -0.674. The van der Waals surface area contributed by atoms with Gasteiger partial charge in [0.1, 0.15) is 5.54 Å². The monoisotopic (exact) mass is 413 g/mol. The van der Waals surface area contributed by atoms with Crippen molar-refractivity contribution in [3.8, 4) is 0 Å². The molecular formula is C22H27N3O3S. The average molecular weight is 414 g/mol. The molecule has 29 heavy (non-hydrogen) atoms. The highest BCUT2D eigenvalue weighted by molar-refractivity contribution is 7.98. The Morgan fingerprint density at radius 3 is 2.66 bits per heavy atom. The molecule has 7 heteroatoms. The molecule has 2 saturated heterocycles. The van der Waals surface area contributed by atoms with Gasteiger partial charge >= 0.3 is 0 Å². The predicted molar refractivity (Wildman–Crippen MR) is 112 cm³/mol. The van der Waals surface area contributed by atoms with Crippen LogP contribution in [-0.4, -0.2) is 46.7 Å². The summed E-state index contributed by atoms with van der Waals surface area (Å²) >= 11 is 1.72. The van der Waals surface area contributed by atoms with Crippen molar-refractivity contribution in [3.63, 3.8) is 0 Å². The van der Waals surface area contributed by atoms with Gasteiger partial charge in [0.05, 0.1) is 11.8 Å². The van der Waals surface area contributed by atoms with Crippen LogP contribution < -0.4 is 10.6 Å². The molecule has 0 radical (unpaired) electrons. The summed E-state index contributed by atoms with van der Waals surface area (Å²) in [6, 6.07) is 5.64. The van der Waals surface area contributed by atoms with Crippen LogP contribution in [0.25, 0.3) is 0 Å². The van der Waals surface area contributed by atoms with Crippen molar-refractivity contribution in [2.45, 2.75) is 56.7 Å². The normalized spacial score (nSPS) is 33.7. The third kappa shape index (κ3) is 2.49. The molecule has 3 heterocycles. The number of fused-ring (bicyclic) bond motifs is 4. The fraction of sp³-hybridized carbons (Fsp3) is 0.591. The number of carbonyl (C=O) groups excluding carboxylic acids is 3. The van der Waals surface area contributed by atoms with Crippen molar-refractivity contribution < 1.29 is 14.4 Å². The first-order chi connectivity index (χ1) is 14.0. The number of anilines is 1. The maximum Gasteiger partial charge on any atom is 0.250 e. The Kier molecular flexibility index (Phi) is 4.51. The highest BCUT2D eigenvalue weighted by Crippen LogP contribution is 2.54. The van der Waals surface area contributed by atoms with Gasteiger partial charge in [-0.15, -0.1) is 0 Å². The summed E-state index contributed by atoms with van der Waals surface area (Å²) in [5, 5.41) is 6.53. The number of amides is 3. The van der Waals surface area contributed by atoms with Gasteiger partial charge in [-0.05, 0) is 43.8 Å². The van der Waals surface area contributed by atoms with Crippen LogP contribution in [0.3, 0.4) is 0 Å². The lowest BCUT2D eigenvalue weighted by molar-refractivity contribution is -0.145. The second-order valence-electron chi connectivity index (χ2n) is 8.78. The minimum Gasteiger partial charge on any atom is -0.324 e. The molecule has 1 aromatic carbocycles. The Labute approximate surface area is 175 Å². The Morgan fingerprint density at radius 2 is 1.93 bits per heavy atom. The first-order valence-corrected chi connectivity index (χ1v) is 11.9. The van der Waals surface area contributed by atoms with E-state index >= 15 is 0 Å². The molecule has 0 aromatic heterocycles. The van der Waals surface area contributed by atoms with E-state index in [1.807, 2.05) is 31.4 Å². The summed E-state index contributed by atoms with van der Waals surface area (Å²) < 4.78 is 0. The van der Waals surface area contributed by atoms with Gasteiger partial charge in [0, 0.05) is 23.3 Å². The summed E-state index contributed by atoms with van der Waals surface area (Å²) in [4.78, 5) is 42.1. The van der Waals surface area contributed by atoms with Gasteiger partial charge in [-0.25, -0.2) is 0 Å². The molecule has 2 N–H and O–H groups in total. The maximum atomic E-state index is 13.7. The molecule has 6 nitrogen and oxygen atoms in total. The molecule has 3 amide bonds. The molecule has 0 bridgehead atoms. The molecule has 5 rings (SSSR count). The third-order valence-electron chi connectivity index (χ3n) is 7.32. The lowest BCUT2D eigenvalue weighted by Crippen LogP contribution is -2.54. The van der Waals surface area contributed by atoms with Crippen LogP contribution in [0.2, 0.25) is 0 Å². The van der Waals surface area contributed by atoms with E-state index in [4.69, 9.17) is 0 Å². The molecule has 154 valence electrons. The first kappa shape index (κ1) is 19.1. The predicted octanol–water partition coefficient (Wildman–Crippen LogP) is 2.41. The number of likely N-dealkylation sites (tertiary alicyclic amines) is 1. The van der Waals surface area contributed by atoms with E-state index < -0.39 is 17.4 Å². The average Bonchev–Trinajstić information content (AvgIpc) is 3.44. The van der Waals surface area contributed by atoms with E-state index in [-0.39, 0.29) is 29.8 Å². The van der Waals surface area contributed by atoms with E-state index in [1.54, 1.807) is 11.8 Å². The summed E-state index contributed by atoms with van der Waals surface area (Å²) in [5.41, 5.74) is 1.44. The van der Waals surface area contributed by atoms with Crippen molar-refractivity contribution in [2.75, 3.05) is 17.3 Å². The molecule has 4 unspecified atom stereocenters. The van der Waals surface area contributed by atoms with Crippen LogP contribution >= 0.6 is 11.8 Å². The zero-order valence-electron chi connectivity index (χ0n) is 16.9. The van der Waals surface area contributed by atoms with Crippen LogP contribution in [-0.2, 0) is 19.9 Å². The van der Waals surface area contributed by atoms with Crippen molar-refractivity contribution >= 4 is 35.2 Å². The number of hydrogen-bond donors (Lipinski definition) is 2. The third-order valence-corrected chi connectivity index (χ3v) is 7.96. The number of aryl methyl sites for hydroxylation is 1. The molecule has 1 aromatic rings. The van der Waals surface area contributed by atoms with Crippen LogP contribution in [0.5, 0.6) is 0 Å². The maximum absolute atomic E-state index is 13.7. The van der Waals surface area contributed by atoms with Crippen LogP contribution in [0.15, 0.2) is 18.2 Å². The Bertz CT molecular complexity index is 897. The minimum absolute atomic E-state index is 0.000273. The molecule has 1 aliphatic carbocycles. The number of benzene rings is 1. The van der Waals surface area contributed by atoms with Crippen LogP contribution in [0.1, 0.15) is 43.2 Å². The molecule has 4 atom stereocenters. The standard InChI is InChI=1S/C22H27N3O3S/c1-12-6-5-9-14-18(12)23-21(28)22(14)17-16(15(24-22)10-11-29-2)19(26)25(20(17)27)13-7-3-4-8-13/h5-6,9,13,15-17,24H,3-4,7-8,10-11H2,1-2H3,(H,23,28). The molecular weight excluding hydrogens is 386 g/mol. The zero-order valence-corrected chi connectivity index (χ0v) is 17.7. The lowest BCUT2D eigenvalue weighted by atomic mass is 9.76. The van der Waals surface area contributed by atoms with E-state index in [1.165, 1.54) is 4.90 Å². The fourth-order valence-electron chi connectivity index (χ4n) is 6.01. The summed E-state index contributed by atoms with van der Waals surface area (Å²) in [6.07, 6.45) is 6.67. The largest absolute Gasteiger partial charge is 0.324 e. The van der Waals surface area contributed by atoms with Crippen LogP contribution in [0.4, 0.5) is 5.69 Å². The van der Waals surface area contributed by atoms with Gasteiger partial charge < -0.3 is 5.32 Å². The van der Waals surface area contributed by atoms with Gasteiger partial charge in [-0.3, -0.25) is 24.6 Å². The van der Waals surface area contributed by atoms with E-state index in [9.17, 15) is 14.4 Å². The number of imide groups is 1. The van der Waals surface area contributed by atoms with Gasteiger partial charge in [-0.1, -0.05) is 31.0 Å². The number of para-hydroxylation sites is 1. The number of hydrogen-bond acceptors (Lipinski definition) is 5. The lowest BCUT2D eigenvalue weighted by Gasteiger charge is -2.31. The number of nitrogens with zero attached hydrogens (tertiary/aromatic N) is 1. The number of rotatable bonds is 4. The number of carbonyl (C=O) groups is 3. The molecule has 1 spiro atoms. The molecule has 3 aliphatic heterocycles. The van der Waals surface area contributed by atoms with Gasteiger partial charge in [0.2, 0.25) is 17.7 Å². The van der Waals surface area contributed by atoms with Gasteiger partial charge in [-0.2, -0.15) is 11.8 Å². The van der Waals surface area contributed by atoms with Crippen molar-refractivity contribution in [3.05, 3.63) is 29.3 Å². The van der Waals surface area contributed by atoms with Crippen molar-refractivity contribution in [2.24, 2.45) is 11.8 Å². The molecule has 1 saturated carbocycles. The smallest absolute Gasteiger partial charge is 0.250 e. The van der Waals surface area contributed by atoms with E-state index in [0.29, 0.717) is 0 Å². The van der Waals surface area contributed by atoms with Crippen molar-refractivity contribution in [1.82, 2.24) is 10.2 Å². The Morgan fingerprint density at radius 1 is 1.17 bits per heavy atom. The van der Waals surface area contributed by atoms with E-state index in [0.717, 1.165) is 54.7 Å². The Balaban J connectivity index is 1.63. The second kappa shape index (κ2) is 6.84. The highest BCUT2D eigenvalue weighted by Gasteiger charge is 2.70. The zero-order chi connectivity index (χ0) is 20.3. The van der Waals surface area contributed by atoms with Crippen LogP contribution in [0, 0.1) is 18.8 Å². The summed E-state index contributed by atoms with van der Waals surface area (Å²) in [6.45, 7) is 1.96. The molecule has 3 fully saturated rings. The fourth-order valence-corrected chi connectivity index (χ4v) is 6.50. The second-order valence-corrected chi connectivity index (χ2v) is 9.77. The highest BCUT2D eigenvalue weighted by atomic mass is 32.2. The Hall–Kier alpha value is -1.86. The van der Waals surface area contributed by atoms with Gasteiger partial charge in [0.25, 0.3) is 0 Å². The first-order valence-electron chi connectivity index (χ1n) is 10.6.